The van der Waals surface area contributed by atoms with Crippen LogP contribution in [0, 0.1) is 5.41 Å². The summed E-state index contributed by atoms with van der Waals surface area (Å²) >= 11 is 0. The van der Waals surface area contributed by atoms with Crippen molar-refractivity contribution in [3.05, 3.63) is 0 Å². The molecule has 0 bridgehead atoms. The number of aliphatic carboxylic acids is 1. The van der Waals surface area contributed by atoms with Gasteiger partial charge in [0.1, 0.15) is 0 Å². The van der Waals surface area contributed by atoms with Crippen molar-refractivity contribution in [2.24, 2.45) is 5.41 Å². The van der Waals surface area contributed by atoms with Crippen LogP contribution in [-0.4, -0.2) is 48.4 Å². The molecular weight excluding hydrogens is 248 g/mol. The van der Waals surface area contributed by atoms with Crippen molar-refractivity contribution in [2.75, 3.05) is 20.6 Å². The Morgan fingerprint density at radius 2 is 1.79 bits per heavy atom. The Balaban J connectivity index is 2.66. The molecule has 1 aliphatic carbocycles. The third-order valence-electron chi connectivity index (χ3n) is 3.84. The highest BCUT2D eigenvalue weighted by Crippen LogP contribution is 2.39. The first kappa shape index (κ1) is 15.5. The number of likely N-dealkylation sites (N-methyl/N-ethyl adjacent to an activating group) is 2. The summed E-state index contributed by atoms with van der Waals surface area (Å²) in [5.74, 6) is -1.44. The van der Waals surface area contributed by atoms with E-state index in [0.29, 0.717) is 12.8 Å². The van der Waals surface area contributed by atoms with Gasteiger partial charge in [0.05, 0.1) is 12.0 Å². The van der Waals surface area contributed by atoms with Crippen LogP contribution in [0.25, 0.3) is 0 Å². The van der Waals surface area contributed by atoms with Gasteiger partial charge in [0, 0.05) is 20.5 Å². The van der Waals surface area contributed by atoms with Crippen LogP contribution in [0.15, 0.2) is 0 Å². The highest BCUT2D eigenvalue weighted by molar-refractivity contribution is 5.88. The first-order chi connectivity index (χ1) is 8.91. The molecule has 6 heteroatoms. The normalized spacial score (nSPS) is 17.6. The van der Waals surface area contributed by atoms with E-state index in [1.165, 1.54) is 19.0 Å². The van der Waals surface area contributed by atoms with Gasteiger partial charge in [0.2, 0.25) is 11.8 Å². The van der Waals surface area contributed by atoms with Crippen molar-refractivity contribution in [3.63, 3.8) is 0 Å². The Kier molecular flexibility index (Phi) is 5.32. The van der Waals surface area contributed by atoms with Crippen LogP contribution in [0.5, 0.6) is 0 Å². The van der Waals surface area contributed by atoms with Crippen LogP contribution in [-0.2, 0) is 14.4 Å². The highest BCUT2D eigenvalue weighted by atomic mass is 16.4. The molecule has 19 heavy (non-hydrogen) atoms. The molecule has 0 spiro atoms. The largest absolute Gasteiger partial charge is 0.481 e. The summed E-state index contributed by atoms with van der Waals surface area (Å²) in [6, 6.07) is 0. The van der Waals surface area contributed by atoms with Crippen LogP contribution in [0.2, 0.25) is 0 Å². The van der Waals surface area contributed by atoms with Gasteiger partial charge in [-0.1, -0.05) is 19.3 Å². The van der Waals surface area contributed by atoms with Crippen molar-refractivity contribution in [1.82, 2.24) is 10.2 Å². The number of hydrogen-bond donors (Lipinski definition) is 2. The van der Waals surface area contributed by atoms with Crippen molar-refractivity contribution < 1.29 is 19.5 Å². The monoisotopic (exact) mass is 270 g/mol. The second kappa shape index (κ2) is 6.54. The van der Waals surface area contributed by atoms with Gasteiger partial charge in [-0.3, -0.25) is 14.4 Å². The molecule has 0 aromatic carbocycles. The molecule has 2 N–H and O–H groups in total. The van der Waals surface area contributed by atoms with E-state index in [9.17, 15) is 19.5 Å². The number of nitrogens with one attached hydrogen (secondary N) is 1. The fourth-order valence-corrected chi connectivity index (χ4v) is 2.50. The van der Waals surface area contributed by atoms with Crippen molar-refractivity contribution >= 4 is 17.8 Å². The SMILES string of the molecule is CNC(=O)CN(C)C(=O)CC1(C(=O)O)CCCCC1. The Labute approximate surface area is 113 Å². The number of carbonyl (C=O) groups excluding carboxylic acids is 2. The van der Waals surface area contributed by atoms with Crippen molar-refractivity contribution in [3.8, 4) is 0 Å². The van der Waals surface area contributed by atoms with Crippen LogP contribution < -0.4 is 5.32 Å². The van der Waals surface area contributed by atoms with E-state index < -0.39 is 11.4 Å². The van der Waals surface area contributed by atoms with Crippen molar-refractivity contribution in [1.29, 1.82) is 0 Å². The number of nitrogens with zero attached hydrogens (tertiary/aromatic N) is 1. The summed E-state index contributed by atoms with van der Waals surface area (Å²) in [7, 11) is 3.02. The molecule has 0 heterocycles. The van der Waals surface area contributed by atoms with Crippen LogP contribution in [0.1, 0.15) is 38.5 Å². The van der Waals surface area contributed by atoms with E-state index in [4.69, 9.17) is 0 Å². The number of rotatable bonds is 5. The average molecular weight is 270 g/mol. The number of carbonyl (C=O) groups is 3. The Bertz CT molecular complexity index is 362. The summed E-state index contributed by atoms with van der Waals surface area (Å²) in [5.41, 5.74) is -0.938. The van der Waals surface area contributed by atoms with Gasteiger partial charge in [0.25, 0.3) is 0 Å². The van der Waals surface area contributed by atoms with Gasteiger partial charge >= 0.3 is 5.97 Å². The molecule has 0 aromatic heterocycles. The van der Waals surface area contributed by atoms with Gasteiger partial charge in [0.15, 0.2) is 0 Å². The van der Waals surface area contributed by atoms with Crippen LogP contribution in [0.4, 0.5) is 0 Å². The minimum Gasteiger partial charge on any atom is -0.481 e. The van der Waals surface area contributed by atoms with Gasteiger partial charge in [-0.15, -0.1) is 0 Å². The van der Waals surface area contributed by atoms with Crippen LogP contribution >= 0.6 is 0 Å². The third kappa shape index (κ3) is 3.94. The number of hydrogen-bond acceptors (Lipinski definition) is 3. The molecule has 6 nitrogen and oxygen atoms in total. The molecule has 0 saturated heterocycles. The maximum absolute atomic E-state index is 12.1. The predicted molar refractivity (Wildman–Crippen MR) is 69.5 cm³/mol. The molecule has 0 radical (unpaired) electrons. The molecule has 1 rings (SSSR count). The maximum Gasteiger partial charge on any atom is 0.310 e. The smallest absolute Gasteiger partial charge is 0.310 e. The van der Waals surface area contributed by atoms with Crippen molar-refractivity contribution in [2.45, 2.75) is 38.5 Å². The lowest BCUT2D eigenvalue weighted by atomic mass is 9.71. The maximum atomic E-state index is 12.1. The number of carboxylic acid groups (broad SMARTS) is 1. The third-order valence-corrected chi connectivity index (χ3v) is 3.84. The Hall–Kier alpha value is -1.59. The lowest BCUT2D eigenvalue weighted by Crippen LogP contribution is -2.42. The van der Waals surface area contributed by atoms with E-state index in [0.717, 1.165) is 19.3 Å². The second-order valence-electron chi connectivity index (χ2n) is 5.25. The number of carboxylic acids is 1. The molecule has 0 aliphatic heterocycles. The standard InChI is InChI=1S/C13H22N2O4/c1-14-10(16)9-15(2)11(17)8-13(12(18)19)6-4-3-5-7-13/h3-9H2,1-2H3,(H,14,16)(H,18,19). The quantitative estimate of drug-likeness (QED) is 0.766. The molecule has 2 amide bonds. The van der Waals surface area contributed by atoms with E-state index in [1.54, 1.807) is 0 Å². The van der Waals surface area contributed by atoms with E-state index in [-0.39, 0.29) is 24.8 Å². The summed E-state index contributed by atoms with van der Waals surface area (Å²) in [5, 5.41) is 11.8. The highest BCUT2D eigenvalue weighted by Gasteiger charge is 2.42. The average Bonchev–Trinajstić information content (AvgIpc) is 2.39. The first-order valence-corrected chi connectivity index (χ1v) is 6.59. The molecule has 1 fully saturated rings. The molecule has 1 aliphatic rings. The van der Waals surface area contributed by atoms with Gasteiger partial charge in [-0.05, 0) is 12.8 Å². The first-order valence-electron chi connectivity index (χ1n) is 6.59. The molecule has 0 unspecified atom stereocenters. The summed E-state index contributed by atoms with van der Waals surface area (Å²) < 4.78 is 0. The zero-order valence-corrected chi connectivity index (χ0v) is 11.6. The fourth-order valence-electron chi connectivity index (χ4n) is 2.50. The Morgan fingerprint density at radius 3 is 2.26 bits per heavy atom. The zero-order chi connectivity index (χ0) is 14.5. The summed E-state index contributed by atoms with van der Waals surface area (Å²) in [4.78, 5) is 36.0. The van der Waals surface area contributed by atoms with E-state index in [1.807, 2.05) is 0 Å². The molecule has 108 valence electrons. The lowest BCUT2D eigenvalue weighted by molar-refractivity contribution is -0.155. The fraction of sp³-hybridized carbons (Fsp3) is 0.769. The summed E-state index contributed by atoms with van der Waals surface area (Å²) in [6.45, 7) is -0.0367. The second-order valence-corrected chi connectivity index (χ2v) is 5.25. The molecule has 1 saturated carbocycles. The summed E-state index contributed by atoms with van der Waals surface area (Å²) in [6.07, 6.45) is 3.79. The number of amides is 2. The van der Waals surface area contributed by atoms with E-state index >= 15 is 0 Å². The molecule has 0 aromatic rings. The minimum atomic E-state index is -0.938. The lowest BCUT2D eigenvalue weighted by Gasteiger charge is -2.33. The van der Waals surface area contributed by atoms with Gasteiger partial charge < -0.3 is 15.3 Å². The van der Waals surface area contributed by atoms with Gasteiger partial charge in [-0.25, -0.2) is 0 Å². The predicted octanol–water partition coefficient (Wildman–Crippen LogP) is 0.616. The van der Waals surface area contributed by atoms with Crippen LogP contribution in [0.3, 0.4) is 0 Å². The minimum absolute atomic E-state index is 0.0180. The Morgan fingerprint density at radius 1 is 1.21 bits per heavy atom. The molecule has 0 atom stereocenters. The van der Waals surface area contributed by atoms with E-state index in [2.05, 4.69) is 5.32 Å². The topological polar surface area (TPSA) is 86.7 Å². The molecular formula is C13H22N2O4. The van der Waals surface area contributed by atoms with Gasteiger partial charge in [-0.2, -0.15) is 0 Å². The zero-order valence-electron chi connectivity index (χ0n) is 11.6.